The summed E-state index contributed by atoms with van der Waals surface area (Å²) in [6.45, 7) is 3.63. The first-order valence-corrected chi connectivity index (χ1v) is 10.1. The first-order chi connectivity index (χ1) is 11.8. The summed E-state index contributed by atoms with van der Waals surface area (Å²) in [6, 6.07) is 12.1. The van der Waals surface area contributed by atoms with E-state index in [1.165, 1.54) is 57.2 Å². The van der Waals surface area contributed by atoms with Crippen molar-refractivity contribution in [3.8, 4) is 0 Å². The summed E-state index contributed by atoms with van der Waals surface area (Å²) in [5.74, 6) is 1.85. The average Bonchev–Trinajstić information content (AvgIpc) is 3.20. The predicted octanol–water partition coefficient (Wildman–Crippen LogP) is 1.89. The molecular weight excluding hydrogens is 314 g/mol. The van der Waals surface area contributed by atoms with Crippen molar-refractivity contribution in [2.75, 3.05) is 13.1 Å². The molecule has 1 aromatic rings. The van der Waals surface area contributed by atoms with Crippen molar-refractivity contribution in [1.29, 1.82) is 0 Å². The van der Waals surface area contributed by atoms with Gasteiger partial charge in [-0.25, -0.2) is 0 Å². The van der Waals surface area contributed by atoms with Gasteiger partial charge in [-0.1, -0.05) is 36.8 Å². The van der Waals surface area contributed by atoms with Crippen molar-refractivity contribution in [3.05, 3.63) is 35.9 Å². The van der Waals surface area contributed by atoms with Crippen LogP contribution in [0.2, 0.25) is 0 Å². The highest BCUT2D eigenvalue weighted by molar-refractivity contribution is 7.80. The van der Waals surface area contributed by atoms with E-state index in [2.05, 4.69) is 41.0 Å². The van der Waals surface area contributed by atoms with Gasteiger partial charge in [0.05, 0.1) is 13.1 Å². The fraction of sp³-hybridized carbons (Fsp3) is 0.650. The second kappa shape index (κ2) is 7.40. The van der Waals surface area contributed by atoms with Gasteiger partial charge in [0, 0.05) is 30.5 Å². The molecule has 2 saturated carbocycles. The van der Waals surface area contributed by atoms with Crippen LogP contribution in [0.15, 0.2) is 30.3 Å². The lowest BCUT2D eigenvalue weighted by molar-refractivity contribution is -0.918. The number of hydrogen-bond acceptors (Lipinski definition) is 1. The van der Waals surface area contributed by atoms with Crippen molar-refractivity contribution < 1.29 is 4.90 Å². The summed E-state index contributed by atoms with van der Waals surface area (Å²) >= 11 is 5.59. The molecule has 3 atom stereocenters. The minimum atomic E-state index is 0.558. The summed E-state index contributed by atoms with van der Waals surface area (Å²) in [7, 11) is 0. The predicted molar refractivity (Wildman–Crippen MR) is 102 cm³/mol. The maximum Gasteiger partial charge on any atom is 0.166 e. The molecule has 2 bridgehead atoms. The molecule has 1 saturated heterocycles. The Bertz CT molecular complexity index is 553. The van der Waals surface area contributed by atoms with Crippen molar-refractivity contribution in [2.45, 2.75) is 57.2 Å². The van der Waals surface area contributed by atoms with Crippen LogP contribution in [0.3, 0.4) is 0 Å². The Labute approximate surface area is 151 Å². The molecule has 0 unspecified atom stereocenters. The number of rotatable bonds is 4. The number of likely N-dealkylation sites (tertiary alicyclic amines) is 1. The molecule has 0 amide bonds. The molecule has 3 aliphatic rings. The van der Waals surface area contributed by atoms with Crippen LogP contribution in [0.5, 0.6) is 0 Å². The molecule has 0 aromatic heterocycles. The number of hydrogen-bond donors (Lipinski definition) is 3. The van der Waals surface area contributed by atoms with E-state index < -0.39 is 0 Å². The van der Waals surface area contributed by atoms with E-state index in [4.69, 9.17) is 12.2 Å². The third-order valence-corrected chi connectivity index (χ3v) is 6.62. The summed E-state index contributed by atoms with van der Waals surface area (Å²) in [5, 5.41) is 8.13. The molecule has 4 rings (SSSR count). The van der Waals surface area contributed by atoms with Crippen LogP contribution in [0.1, 0.15) is 44.1 Å². The van der Waals surface area contributed by atoms with E-state index >= 15 is 0 Å². The summed E-state index contributed by atoms with van der Waals surface area (Å²) < 4.78 is 0. The van der Waals surface area contributed by atoms with Crippen molar-refractivity contribution in [2.24, 2.45) is 11.8 Å². The molecule has 3 nitrogen and oxygen atoms in total. The highest BCUT2D eigenvalue weighted by Gasteiger charge is 2.39. The SMILES string of the molecule is S=C(NC1CC[NH+](Cc2ccccc2)CC1)N[C@H]1C[C@@H]2CC[C@@H]1C2. The molecule has 0 radical (unpaired) electrons. The zero-order valence-corrected chi connectivity index (χ0v) is 15.3. The topological polar surface area (TPSA) is 28.5 Å². The van der Waals surface area contributed by atoms with Crippen LogP contribution in [-0.4, -0.2) is 30.3 Å². The van der Waals surface area contributed by atoms with Crippen molar-refractivity contribution >= 4 is 17.3 Å². The Morgan fingerprint density at radius 3 is 2.46 bits per heavy atom. The number of fused-ring (bicyclic) bond motifs is 2. The number of piperidine rings is 1. The molecule has 2 aliphatic carbocycles. The van der Waals surface area contributed by atoms with Gasteiger partial charge in [0.1, 0.15) is 6.54 Å². The fourth-order valence-electron chi connectivity index (χ4n) is 5.05. The lowest BCUT2D eigenvalue weighted by Crippen LogP contribution is -3.12. The van der Waals surface area contributed by atoms with Crippen LogP contribution in [-0.2, 0) is 6.54 Å². The molecule has 130 valence electrons. The first-order valence-electron chi connectivity index (χ1n) is 9.71. The summed E-state index contributed by atoms with van der Waals surface area (Å²) in [4.78, 5) is 1.70. The molecule has 1 aromatic carbocycles. The van der Waals surface area contributed by atoms with E-state index in [0.717, 1.165) is 23.5 Å². The van der Waals surface area contributed by atoms with Crippen molar-refractivity contribution in [3.63, 3.8) is 0 Å². The number of thiocarbonyl (C=S) groups is 1. The first kappa shape index (κ1) is 16.3. The van der Waals surface area contributed by atoms with Crippen molar-refractivity contribution in [1.82, 2.24) is 10.6 Å². The smallest absolute Gasteiger partial charge is 0.166 e. The highest BCUT2D eigenvalue weighted by Crippen LogP contribution is 2.44. The van der Waals surface area contributed by atoms with Gasteiger partial charge in [0.25, 0.3) is 0 Å². The molecule has 24 heavy (non-hydrogen) atoms. The lowest BCUT2D eigenvalue weighted by Gasteiger charge is -2.32. The van der Waals surface area contributed by atoms with Crippen LogP contribution < -0.4 is 15.5 Å². The van der Waals surface area contributed by atoms with Crippen LogP contribution in [0.25, 0.3) is 0 Å². The van der Waals surface area contributed by atoms with Gasteiger partial charge < -0.3 is 15.5 Å². The van der Waals surface area contributed by atoms with Gasteiger partial charge in [0.15, 0.2) is 5.11 Å². The molecule has 0 spiro atoms. The van der Waals surface area contributed by atoms with Gasteiger partial charge in [-0.15, -0.1) is 0 Å². The normalized spacial score (nSPS) is 34.9. The zero-order chi connectivity index (χ0) is 16.4. The zero-order valence-electron chi connectivity index (χ0n) is 14.5. The minimum Gasteiger partial charge on any atom is -0.360 e. The quantitative estimate of drug-likeness (QED) is 0.729. The Balaban J connectivity index is 1.18. The number of benzene rings is 1. The molecule has 1 aliphatic heterocycles. The molecule has 4 heteroatoms. The molecule has 1 heterocycles. The van der Waals surface area contributed by atoms with E-state index in [9.17, 15) is 0 Å². The standard InChI is InChI=1S/C20H29N3S/c24-20(22-19-13-16-6-7-17(19)12-16)21-18-8-10-23(11-9-18)14-15-4-2-1-3-5-15/h1-5,16-19H,6-14H2,(H2,21,22,24)/p+1/t16-,17-,19+/m1/s1. The van der Waals surface area contributed by atoms with Crippen LogP contribution >= 0.6 is 12.2 Å². The second-order valence-corrected chi connectivity index (χ2v) is 8.49. The third-order valence-electron chi connectivity index (χ3n) is 6.38. The summed E-state index contributed by atoms with van der Waals surface area (Å²) in [6.07, 6.45) is 8.08. The van der Waals surface area contributed by atoms with E-state index in [1.807, 2.05) is 0 Å². The van der Waals surface area contributed by atoms with E-state index in [-0.39, 0.29) is 0 Å². The maximum absolute atomic E-state index is 5.59. The van der Waals surface area contributed by atoms with Crippen LogP contribution in [0.4, 0.5) is 0 Å². The Kier molecular flexibility index (Phi) is 5.04. The summed E-state index contributed by atoms with van der Waals surface area (Å²) in [5.41, 5.74) is 1.45. The van der Waals surface area contributed by atoms with Gasteiger partial charge in [-0.3, -0.25) is 0 Å². The lowest BCUT2D eigenvalue weighted by atomic mass is 9.95. The van der Waals surface area contributed by atoms with Gasteiger partial charge in [-0.05, 0) is 43.3 Å². The fourth-order valence-corrected chi connectivity index (χ4v) is 5.37. The van der Waals surface area contributed by atoms with Gasteiger partial charge in [0.2, 0.25) is 0 Å². The van der Waals surface area contributed by atoms with Crippen LogP contribution in [0, 0.1) is 11.8 Å². The number of nitrogens with one attached hydrogen (secondary N) is 3. The highest BCUT2D eigenvalue weighted by atomic mass is 32.1. The molecule has 3 fully saturated rings. The minimum absolute atomic E-state index is 0.558. The number of quaternary nitrogens is 1. The Morgan fingerprint density at radius 2 is 1.79 bits per heavy atom. The molecule has 3 N–H and O–H groups in total. The second-order valence-electron chi connectivity index (χ2n) is 8.09. The third kappa shape index (κ3) is 3.92. The monoisotopic (exact) mass is 344 g/mol. The Morgan fingerprint density at radius 1 is 1.00 bits per heavy atom. The van der Waals surface area contributed by atoms with Gasteiger partial charge >= 0.3 is 0 Å². The van der Waals surface area contributed by atoms with E-state index in [1.54, 1.807) is 4.90 Å². The maximum atomic E-state index is 5.59. The average molecular weight is 345 g/mol. The largest absolute Gasteiger partial charge is 0.360 e. The Hall–Kier alpha value is -1.13. The van der Waals surface area contributed by atoms with E-state index in [0.29, 0.717) is 12.1 Å². The van der Waals surface area contributed by atoms with Gasteiger partial charge in [-0.2, -0.15) is 0 Å². The molecular formula is C20H30N3S+.